The number of rotatable bonds is 6. The molecule has 1 aromatic heterocycles. The average Bonchev–Trinajstić information content (AvgIpc) is 2.93. The number of nitrogens with one attached hydrogen (secondary N) is 1. The van der Waals surface area contributed by atoms with Gasteiger partial charge in [-0.25, -0.2) is 0 Å². The van der Waals surface area contributed by atoms with E-state index in [0.717, 1.165) is 50.9 Å². The maximum Gasteiger partial charge on any atom is 0.249 e. The molecule has 98 valence electrons. The van der Waals surface area contributed by atoms with Gasteiger partial charge in [0.1, 0.15) is 6.10 Å². The number of unbranched alkanes of at least 4 members (excludes halogenated alkanes) is 1. The van der Waals surface area contributed by atoms with Crippen LogP contribution in [0.3, 0.4) is 0 Å². The summed E-state index contributed by atoms with van der Waals surface area (Å²) in [7, 11) is 0. The van der Waals surface area contributed by atoms with Gasteiger partial charge in [-0.3, -0.25) is 9.78 Å². The Morgan fingerprint density at radius 2 is 2.39 bits per heavy atom. The number of aryl methyl sites for hydroxylation is 1. The number of carbonyl (C=O) groups excluding carboxylic acids is 1. The van der Waals surface area contributed by atoms with Crippen molar-refractivity contribution in [3.05, 3.63) is 30.1 Å². The van der Waals surface area contributed by atoms with E-state index in [1.165, 1.54) is 0 Å². The zero-order valence-electron chi connectivity index (χ0n) is 10.6. The molecular formula is C14H20N2O2. The van der Waals surface area contributed by atoms with Crippen LogP contribution in [0, 0.1) is 0 Å². The van der Waals surface area contributed by atoms with E-state index in [9.17, 15) is 4.79 Å². The Bertz CT molecular complexity index is 361. The van der Waals surface area contributed by atoms with E-state index in [2.05, 4.69) is 10.3 Å². The SMILES string of the molecule is O=C(NCCCCc1ccccn1)C1CCCO1. The van der Waals surface area contributed by atoms with Crippen LogP contribution in [0.4, 0.5) is 0 Å². The van der Waals surface area contributed by atoms with Crippen molar-refractivity contribution in [1.29, 1.82) is 0 Å². The summed E-state index contributed by atoms with van der Waals surface area (Å²) < 4.78 is 5.32. The highest BCUT2D eigenvalue weighted by Crippen LogP contribution is 2.11. The molecule has 1 aromatic rings. The maximum atomic E-state index is 11.6. The van der Waals surface area contributed by atoms with E-state index in [1.807, 2.05) is 24.4 Å². The van der Waals surface area contributed by atoms with Gasteiger partial charge < -0.3 is 10.1 Å². The van der Waals surface area contributed by atoms with Gasteiger partial charge in [-0.15, -0.1) is 0 Å². The molecule has 1 aliphatic heterocycles. The zero-order chi connectivity index (χ0) is 12.6. The lowest BCUT2D eigenvalue weighted by Crippen LogP contribution is -2.34. The molecule has 4 heteroatoms. The van der Waals surface area contributed by atoms with Gasteiger partial charge >= 0.3 is 0 Å². The highest BCUT2D eigenvalue weighted by Gasteiger charge is 2.22. The summed E-state index contributed by atoms with van der Waals surface area (Å²) >= 11 is 0. The maximum absolute atomic E-state index is 11.6. The Morgan fingerprint density at radius 1 is 1.44 bits per heavy atom. The van der Waals surface area contributed by atoms with Gasteiger partial charge in [-0.05, 0) is 44.2 Å². The quantitative estimate of drug-likeness (QED) is 0.780. The molecule has 1 unspecified atom stereocenters. The largest absolute Gasteiger partial charge is 0.368 e. The first kappa shape index (κ1) is 13.0. The summed E-state index contributed by atoms with van der Waals surface area (Å²) in [4.78, 5) is 15.9. The molecule has 1 fully saturated rings. The third-order valence-corrected chi connectivity index (χ3v) is 3.11. The number of aromatic nitrogens is 1. The number of nitrogens with zero attached hydrogens (tertiary/aromatic N) is 1. The van der Waals surface area contributed by atoms with Crippen LogP contribution in [-0.4, -0.2) is 30.1 Å². The monoisotopic (exact) mass is 248 g/mol. The van der Waals surface area contributed by atoms with Gasteiger partial charge in [0.05, 0.1) is 0 Å². The fraction of sp³-hybridized carbons (Fsp3) is 0.571. The summed E-state index contributed by atoms with van der Waals surface area (Å²) in [6.45, 7) is 1.45. The molecule has 1 atom stereocenters. The number of ether oxygens (including phenoxy) is 1. The molecule has 1 aliphatic rings. The van der Waals surface area contributed by atoms with Crippen LogP contribution >= 0.6 is 0 Å². The lowest BCUT2D eigenvalue weighted by atomic mass is 10.1. The van der Waals surface area contributed by atoms with Gasteiger partial charge in [0.15, 0.2) is 0 Å². The number of hydrogen-bond acceptors (Lipinski definition) is 3. The fourth-order valence-corrected chi connectivity index (χ4v) is 2.09. The molecule has 0 radical (unpaired) electrons. The summed E-state index contributed by atoms with van der Waals surface area (Å²) in [5.41, 5.74) is 1.11. The molecule has 18 heavy (non-hydrogen) atoms. The first-order valence-electron chi connectivity index (χ1n) is 6.65. The fourth-order valence-electron chi connectivity index (χ4n) is 2.09. The minimum absolute atomic E-state index is 0.0466. The molecule has 2 heterocycles. The molecule has 1 N–H and O–H groups in total. The van der Waals surface area contributed by atoms with E-state index in [0.29, 0.717) is 0 Å². The van der Waals surface area contributed by atoms with Gasteiger partial charge in [0.25, 0.3) is 0 Å². The van der Waals surface area contributed by atoms with Gasteiger partial charge in [-0.2, -0.15) is 0 Å². The predicted octanol–water partition coefficient (Wildman–Crippen LogP) is 1.70. The summed E-state index contributed by atoms with van der Waals surface area (Å²) in [5.74, 6) is 0.0466. The minimum atomic E-state index is -0.208. The van der Waals surface area contributed by atoms with E-state index < -0.39 is 0 Å². The number of carbonyl (C=O) groups is 1. The van der Waals surface area contributed by atoms with Crippen molar-refractivity contribution < 1.29 is 9.53 Å². The van der Waals surface area contributed by atoms with Crippen LogP contribution in [0.15, 0.2) is 24.4 Å². The van der Waals surface area contributed by atoms with Crippen molar-refractivity contribution in [3.63, 3.8) is 0 Å². The lowest BCUT2D eigenvalue weighted by Gasteiger charge is -2.09. The van der Waals surface area contributed by atoms with Gasteiger partial charge in [-0.1, -0.05) is 6.07 Å². The number of pyridine rings is 1. The molecular weight excluding hydrogens is 228 g/mol. The van der Waals surface area contributed by atoms with Crippen LogP contribution in [-0.2, 0) is 16.0 Å². The molecule has 4 nitrogen and oxygen atoms in total. The van der Waals surface area contributed by atoms with E-state index in [1.54, 1.807) is 0 Å². The normalized spacial score (nSPS) is 18.8. The van der Waals surface area contributed by atoms with E-state index >= 15 is 0 Å². The van der Waals surface area contributed by atoms with Crippen molar-refractivity contribution in [3.8, 4) is 0 Å². The molecule has 0 spiro atoms. The highest BCUT2D eigenvalue weighted by molar-refractivity contribution is 5.80. The van der Waals surface area contributed by atoms with Crippen molar-refractivity contribution in [1.82, 2.24) is 10.3 Å². The summed E-state index contributed by atoms with van der Waals surface area (Å²) in [6, 6.07) is 5.96. The second-order valence-electron chi connectivity index (χ2n) is 4.57. The van der Waals surface area contributed by atoms with Crippen LogP contribution in [0.1, 0.15) is 31.4 Å². The summed E-state index contributed by atoms with van der Waals surface area (Å²) in [6.07, 6.45) is 6.46. The van der Waals surface area contributed by atoms with E-state index in [-0.39, 0.29) is 12.0 Å². The standard InChI is InChI=1S/C14H20N2O2/c17-14(13-8-5-11-18-13)16-10-4-2-7-12-6-1-3-9-15-12/h1,3,6,9,13H,2,4-5,7-8,10-11H2,(H,16,17). The van der Waals surface area contributed by atoms with E-state index in [4.69, 9.17) is 4.74 Å². The Balaban J connectivity index is 1.54. The average molecular weight is 248 g/mol. The smallest absolute Gasteiger partial charge is 0.249 e. The molecule has 1 amide bonds. The van der Waals surface area contributed by atoms with Crippen molar-refractivity contribution >= 4 is 5.91 Å². The molecule has 0 aromatic carbocycles. The Hall–Kier alpha value is -1.42. The second kappa shape index (κ2) is 7.11. The molecule has 0 bridgehead atoms. The van der Waals surface area contributed by atoms with Crippen molar-refractivity contribution in [2.75, 3.05) is 13.2 Å². The minimum Gasteiger partial charge on any atom is -0.368 e. The Kier molecular flexibility index (Phi) is 5.15. The molecule has 0 aliphatic carbocycles. The highest BCUT2D eigenvalue weighted by atomic mass is 16.5. The van der Waals surface area contributed by atoms with Gasteiger partial charge in [0, 0.05) is 25.0 Å². The van der Waals surface area contributed by atoms with Crippen LogP contribution in [0.2, 0.25) is 0 Å². The molecule has 2 rings (SSSR count). The van der Waals surface area contributed by atoms with Crippen LogP contribution in [0.25, 0.3) is 0 Å². The third-order valence-electron chi connectivity index (χ3n) is 3.11. The third kappa shape index (κ3) is 4.11. The first-order valence-corrected chi connectivity index (χ1v) is 6.65. The molecule has 0 saturated carbocycles. The lowest BCUT2D eigenvalue weighted by molar-refractivity contribution is -0.130. The Morgan fingerprint density at radius 3 is 3.11 bits per heavy atom. The number of amides is 1. The van der Waals surface area contributed by atoms with Crippen molar-refractivity contribution in [2.45, 2.75) is 38.2 Å². The predicted molar refractivity (Wildman–Crippen MR) is 69.2 cm³/mol. The van der Waals surface area contributed by atoms with Crippen molar-refractivity contribution in [2.24, 2.45) is 0 Å². The topological polar surface area (TPSA) is 51.2 Å². The van der Waals surface area contributed by atoms with Gasteiger partial charge in [0.2, 0.25) is 5.91 Å². The second-order valence-corrected chi connectivity index (χ2v) is 4.57. The first-order chi connectivity index (χ1) is 8.86. The van der Waals surface area contributed by atoms with Crippen LogP contribution in [0.5, 0.6) is 0 Å². The Labute approximate surface area is 108 Å². The number of hydrogen-bond donors (Lipinski definition) is 1. The summed E-state index contributed by atoms with van der Waals surface area (Å²) in [5, 5.41) is 2.93. The van der Waals surface area contributed by atoms with Crippen LogP contribution < -0.4 is 5.32 Å². The zero-order valence-corrected chi connectivity index (χ0v) is 10.6. The molecule has 1 saturated heterocycles.